The first-order chi connectivity index (χ1) is 16.7. The van der Waals surface area contributed by atoms with Gasteiger partial charge in [-0.05, 0) is 65.3 Å². The van der Waals surface area contributed by atoms with Crippen LogP contribution in [0, 0.1) is 5.92 Å². The molecule has 3 heteroatoms. The summed E-state index contributed by atoms with van der Waals surface area (Å²) in [4.78, 5) is 2.24. The van der Waals surface area contributed by atoms with E-state index in [1.807, 2.05) is 0 Å². The molecule has 5 rings (SSSR count). The third-order valence-corrected chi connectivity index (χ3v) is 6.98. The highest BCUT2D eigenvalue weighted by molar-refractivity contribution is 5.95. The Labute approximate surface area is 202 Å². The summed E-state index contributed by atoms with van der Waals surface area (Å²) in [5.41, 5.74) is 9.37. The average molecular weight is 454 g/mol. The molecule has 0 unspecified atom stereocenters. The second-order valence-corrected chi connectivity index (χ2v) is 9.49. The van der Waals surface area contributed by atoms with Crippen molar-refractivity contribution in [1.29, 1.82) is 0 Å². The van der Waals surface area contributed by atoms with Gasteiger partial charge >= 0.3 is 0 Å². The maximum Gasteiger partial charge on any atom is 0.119 e. The molecule has 0 atom stereocenters. The molecular formula is C31H32FNO. The topological polar surface area (TPSA) is 12.5 Å². The van der Waals surface area contributed by atoms with E-state index in [-0.39, 0.29) is 12.6 Å². The molecule has 3 aromatic rings. The zero-order valence-corrected chi connectivity index (χ0v) is 19.8. The molecule has 2 nitrogen and oxygen atoms in total. The lowest BCUT2D eigenvalue weighted by Crippen LogP contribution is -2.49. The Bertz CT molecular complexity index is 1170. The standard InChI is InChI=1S/C31H32FNO/c1-23-30-10-6-5-9-28(30)18-25(19-31(23)27-7-3-2-4-8-27)17-24-11-13-29(14-12-24)34-16-15-33-21-26(20-32)22-33/h2-14,18,26H,15-17,19-22H2,1H3. The maximum atomic E-state index is 12.6. The van der Waals surface area contributed by atoms with Crippen LogP contribution in [-0.2, 0) is 6.42 Å². The van der Waals surface area contributed by atoms with Gasteiger partial charge in [0.05, 0.1) is 6.67 Å². The summed E-state index contributed by atoms with van der Waals surface area (Å²) in [6, 6.07) is 27.9. The summed E-state index contributed by atoms with van der Waals surface area (Å²) in [6.45, 7) is 5.26. The van der Waals surface area contributed by atoms with E-state index in [0.717, 1.165) is 38.2 Å². The molecule has 0 bridgehead atoms. The van der Waals surface area contributed by atoms with Crippen molar-refractivity contribution in [3.8, 4) is 5.75 Å². The van der Waals surface area contributed by atoms with Crippen LogP contribution in [0.5, 0.6) is 5.75 Å². The molecule has 34 heavy (non-hydrogen) atoms. The zero-order valence-electron chi connectivity index (χ0n) is 19.8. The molecule has 0 aromatic heterocycles. The van der Waals surface area contributed by atoms with Crippen molar-refractivity contribution < 1.29 is 9.13 Å². The van der Waals surface area contributed by atoms with Crippen LogP contribution in [0.1, 0.15) is 35.6 Å². The molecule has 0 saturated carbocycles. The second-order valence-electron chi connectivity index (χ2n) is 9.49. The van der Waals surface area contributed by atoms with Gasteiger partial charge in [0.15, 0.2) is 0 Å². The Kier molecular flexibility index (Phi) is 6.92. The minimum Gasteiger partial charge on any atom is -0.492 e. The highest BCUT2D eigenvalue weighted by Crippen LogP contribution is 2.37. The minimum absolute atomic E-state index is 0.205. The third-order valence-electron chi connectivity index (χ3n) is 6.98. The van der Waals surface area contributed by atoms with Gasteiger partial charge in [-0.2, -0.15) is 0 Å². The van der Waals surface area contributed by atoms with Crippen molar-refractivity contribution in [3.63, 3.8) is 0 Å². The van der Waals surface area contributed by atoms with E-state index < -0.39 is 0 Å². The van der Waals surface area contributed by atoms with Crippen LogP contribution in [0.25, 0.3) is 17.2 Å². The fourth-order valence-corrected chi connectivity index (χ4v) is 5.04. The summed E-state index contributed by atoms with van der Waals surface area (Å²) in [7, 11) is 0. The van der Waals surface area contributed by atoms with Crippen molar-refractivity contribution in [2.24, 2.45) is 5.92 Å². The molecule has 0 amide bonds. The Balaban J connectivity index is 1.28. The number of nitrogens with zero attached hydrogens (tertiary/aromatic N) is 1. The van der Waals surface area contributed by atoms with Gasteiger partial charge in [0.1, 0.15) is 12.4 Å². The van der Waals surface area contributed by atoms with E-state index in [1.165, 1.54) is 39.0 Å². The fourth-order valence-electron chi connectivity index (χ4n) is 5.04. The minimum atomic E-state index is -0.205. The van der Waals surface area contributed by atoms with Crippen molar-refractivity contribution >= 4 is 17.2 Å². The normalized spacial score (nSPS) is 16.5. The van der Waals surface area contributed by atoms with Gasteiger partial charge in [0.25, 0.3) is 0 Å². The molecule has 1 aliphatic heterocycles. The monoisotopic (exact) mass is 453 g/mol. The number of halogens is 1. The van der Waals surface area contributed by atoms with Crippen LogP contribution in [-0.4, -0.2) is 37.8 Å². The average Bonchev–Trinajstić information content (AvgIpc) is 2.98. The highest BCUT2D eigenvalue weighted by Gasteiger charge is 2.25. The van der Waals surface area contributed by atoms with Crippen LogP contribution in [0.2, 0.25) is 0 Å². The molecule has 1 saturated heterocycles. The van der Waals surface area contributed by atoms with E-state index in [0.29, 0.717) is 6.61 Å². The summed E-state index contributed by atoms with van der Waals surface area (Å²) >= 11 is 0. The number of rotatable bonds is 8. The summed E-state index contributed by atoms with van der Waals surface area (Å²) in [6.07, 6.45) is 4.23. The number of allylic oxidation sites excluding steroid dienone is 3. The number of fused-ring (bicyclic) bond motifs is 1. The number of hydrogen-bond donors (Lipinski definition) is 0. The Morgan fingerprint density at radius 3 is 2.41 bits per heavy atom. The Morgan fingerprint density at radius 2 is 1.65 bits per heavy atom. The number of ether oxygens (including phenoxy) is 1. The number of benzene rings is 3. The van der Waals surface area contributed by atoms with Gasteiger partial charge in [-0.15, -0.1) is 0 Å². The molecule has 1 aliphatic carbocycles. The van der Waals surface area contributed by atoms with Crippen LogP contribution in [0.15, 0.2) is 84.4 Å². The third kappa shape index (κ3) is 5.15. The quantitative estimate of drug-likeness (QED) is 0.367. The van der Waals surface area contributed by atoms with Crippen molar-refractivity contribution in [1.82, 2.24) is 4.90 Å². The lowest BCUT2D eigenvalue weighted by Gasteiger charge is -2.37. The first-order valence-corrected chi connectivity index (χ1v) is 12.2. The molecular weight excluding hydrogens is 421 g/mol. The van der Waals surface area contributed by atoms with Gasteiger partial charge in [-0.1, -0.05) is 78.4 Å². The fraction of sp³-hybridized carbons (Fsp3) is 0.290. The van der Waals surface area contributed by atoms with E-state index in [1.54, 1.807) is 0 Å². The maximum absolute atomic E-state index is 12.6. The summed E-state index contributed by atoms with van der Waals surface area (Å²) < 4.78 is 18.5. The van der Waals surface area contributed by atoms with Crippen molar-refractivity contribution in [3.05, 3.63) is 107 Å². The summed E-state index contributed by atoms with van der Waals surface area (Å²) in [5.74, 6) is 1.12. The Hall–Kier alpha value is -3.17. The lowest BCUT2D eigenvalue weighted by atomic mass is 9.91. The summed E-state index contributed by atoms with van der Waals surface area (Å²) in [5, 5.41) is 0. The predicted molar refractivity (Wildman–Crippen MR) is 140 cm³/mol. The molecule has 0 N–H and O–H groups in total. The van der Waals surface area contributed by atoms with Crippen LogP contribution in [0.4, 0.5) is 4.39 Å². The van der Waals surface area contributed by atoms with Gasteiger partial charge in [0, 0.05) is 25.6 Å². The molecule has 0 radical (unpaired) electrons. The molecule has 1 fully saturated rings. The van der Waals surface area contributed by atoms with Gasteiger partial charge in [-0.25, -0.2) is 0 Å². The van der Waals surface area contributed by atoms with Crippen LogP contribution >= 0.6 is 0 Å². The van der Waals surface area contributed by atoms with Gasteiger partial charge in [0.2, 0.25) is 0 Å². The number of hydrogen-bond acceptors (Lipinski definition) is 2. The molecule has 174 valence electrons. The second kappa shape index (κ2) is 10.4. The largest absolute Gasteiger partial charge is 0.492 e. The van der Waals surface area contributed by atoms with Crippen LogP contribution < -0.4 is 4.74 Å². The van der Waals surface area contributed by atoms with E-state index in [9.17, 15) is 4.39 Å². The molecule has 3 aromatic carbocycles. The lowest BCUT2D eigenvalue weighted by molar-refractivity contribution is 0.0668. The number of likely N-dealkylation sites (tertiary alicyclic amines) is 1. The SMILES string of the molecule is CC1=C(c2ccccc2)CC(Cc2ccc(OCCN3CC(CF)C3)cc2)=Cc2ccccc21. The molecule has 1 heterocycles. The van der Waals surface area contributed by atoms with E-state index in [2.05, 4.69) is 96.8 Å². The predicted octanol–water partition coefficient (Wildman–Crippen LogP) is 6.93. The van der Waals surface area contributed by atoms with Gasteiger partial charge < -0.3 is 4.74 Å². The Morgan fingerprint density at radius 1 is 0.912 bits per heavy atom. The van der Waals surface area contributed by atoms with Crippen LogP contribution in [0.3, 0.4) is 0 Å². The van der Waals surface area contributed by atoms with E-state index in [4.69, 9.17) is 4.74 Å². The zero-order chi connectivity index (χ0) is 23.3. The van der Waals surface area contributed by atoms with Crippen molar-refractivity contribution in [2.75, 3.05) is 32.9 Å². The van der Waals surface area contributed by atoms with E-state index >= 15 is 0 Å². The smallest absolute Gasteiger partial charge is 0.119 e. The first-order valence-electron chi connectivity index (χ1n) is 12.2. The highest BCUT2D eigenvalue weighted by atomic mass is 19.1. The van der Waals surface area contributed by atoms with Gasteiger partial charge in [-0.3, -0.25) is 9.29 Å². The first kappa shape index (κ1) is 22.6. The molecule has 0 spiro atoms. The molecule has 2 aliphatic rings. The van der Waals surface area contributed by atoms with Crippen molar-refractivity contribution in [2.45, 2.75) is 19.8 Å². The number of alkyl halides is 1.